The van der Waals surface area contributed by atoms with Crippen LogP contribution in [-0.4, -0.2) is 0 Å². The van der Waals surface area contributed by atoms with Gasteiger partial charge in [0.15, 0.2) is 11.6 Å². The van der Waals surface area contributed by atoms with Crippen LogP contribution in [0.25, 0.3) is 21.9 Å². The molecule has 0 unspecified atom stereocenters. The van der Waals surface area contributed by atoms with Crippen molar-refractivity contribution >= 4 is 10.8 Å². The molecule has 4 aromatic carbocycles. The third-order valence-corrected chi connectivity index (χ3v) is 4.94. The molecule has 4 aromatic rings. The molecule has 0 saturated carbocycles. The topological polar surface area (TPSA) is 0 Å². The highest BCUT2D eigenvalue weighted by Crippen LogP contribution is 2.22. The van der Waals surface area contributed by atoms with E-state index in [2.05, 4.69) is 55.2 Å². The van der Waals surface area contributed by atoms with Crippen molar-refractivity contribution in [1.82, 2.24) is 0 Å². The average molecular weight is 382 g/mol. The molecular formula is C27H20F2. The van der Waals surface area contributed by atoms with Crippen LogP contribution in [0, 0.1) is 23.5 Å². The first-order valence-electron chi connectivity index (χ1n) is 9.72. The van der Waals surface area contributed by atoms with Gasteiger partial charge in [-0.2, -0.15) is 0 Å². The summed E-state index contributed by atoms with van der Waals surface area (Å²) in [6.45, 7) is 2.18. The zero-order chi connectivity index (χ0) is 20.2. The van der Waals surface area contributed by atoms with Crippen LogP contribution < -0.4 is 0 Å². The number of benzene rings is 4. The maximum atomic E-state index is 13.5. The molecule has 0 aromatic heterocycles. The first-order valence-corrected chi connectivity index (χ1v) is 9.72. The summed E-state index contributed by atoms with van der Waals surface area (Å²) in [6, 6.07) is 24.6. The van der Waals surface area contributed by atoms with Crippen molar-refractivity contribution in [2.24, 2.45) is 0 Å². The van der Waals surface area contributed by atoms with E-state index in [1.807, 2.05) is 18.2 Å². The first kappa shape index (κ1) is 18.9. The molecule has 2 heteroatoms. The van der Waals surface area contributed by atoms with Crippen molar-refractivity contribution in [3.63, 3.8) is 0 Å². The van der Waals surface area contributed by atoms with Crippen molar-refractivity contribution in [3.05, 3.63) is 107 Å². The van der Waals surface area contributed by atoms with Crippen molar-refractivity contribution in [2.75, 3.05) is 0 Å². The number of aryl methyl sites for hydroxylation is 1. The molecule has 0 aliphatic heterocycles. The summed E-state index contributed by atoms with van der Waals surface area (Å²) >= 11 is 0. The maximum Gasteiger partial charge on any atom is 0.159 e. The van der Waals surface area contributed by atoms with Crippen LogP contribution in [-0.2, 0) is 6.42 Å². The molecular weight excluding hydrogens is 362 g/mol. The Hall–Kier alpha value is -3.44. The molecule has 0 saturated heterocycles. The van der Waals surface area contributed by atoms with Crippen molar-refractivity contribution in [1.29, 1.82) is 0 Å². The number of halogens is 2. The quantitative estimate of drug-likeness (QED) is 0.330. The minimum Gasteiger partial charge on any atom is -0.204 e. The summed E-state index contributed by atoms with van der Waals surface area (Å²) in [5.41, 5.74) is 5.37. The number of fused-ring (bicyclic) bond motifs is 1. The first-order chi connectivity index (χ1) is 14.1. The summed E-state index contributed by atoms with van der Waals surface area (Å²) in [5, 5.41) is 1.29. The van der Waals surface area contributed by atoms with Gasteiger partial charge in [-0.05, 0) is 70.3 Å². The lowest BCUT2D eigenvalue weighted by Gasteiger charge is -2.04. The molecule has 29 heavy (non-hydrogen) atoms. The van der Waals surface area contributed by atoms with Crippen molar-refractivity contribution < 1.29 is 8.78 Å². The second-order valence-corrected chi connectivity index (χ2v) is 7.10. The van der Waals surface area contributed by atoms with Crippen LogP contribution in [0.5, 0.6) is 0 Å². The SMILES string of the molecule is CCCc1ccc(-c2ccc(C#Cc3ccc4cc(F)c(F)cc4c3)cc2)cc1. The van der Waals surface area contributed by atoms with Crippen LogP contribution in [0.2, 0.25) is 0 Å². The molecule has 0 amide bonds. The Morgan fingerprint density at radius 1 is 0.621 bits per heavy atom. The highest BCUT2D eigenvalue weighted by Gasteiger charge is 2.04. The van der Waals surface area contributed by atoms with E-state index in [9.17, 15) is 8.78 Å². The smallest absolute Gasteiger partial charge is 0.159 e. The number of hydrogen-bond acceptors (Lipinski definition) is 0. The van der Waals surface area contributed by atoms with Gasteiger partial charge in [0.1, 0.15) is 0 Å². The summed E-state index contributed by atoms with van der Waals surface area (Å²) in [7, 11) is 0. The third kappa shape index (κ3) is 4.36. The predicted octanol–water partition coefficient (Wildman–Crippen LogP) is 7.14. The van der Waals surface area contributed by atoms with Crippen LogP contribution in [0.4, 0.5) is 8.78 Å². The largest absolute Gasteiger partial charge is 0.204 e. The minimum absolute atomic E-state index is 0.637. The van der Waals surface area contributed by atoms with Gasteiger partial charge in [0.25, 0.3) is 0 Å². The molecule has 0 atom stereocenters. The standard InChI is InChI=1S/C27H20F2/c1-2-3-19-6-11-22(12-7-19)23-13-8-20(9-14-23)4-5-21-10-15-24-17-26(28)27(29)18-25(24)16-21/h6-18H,2-3H2,1H3. The van der Waals surface area contributed by atoms with Gasteiger partial charge in [0.2, 0.25) is 0 Å². The zero-order valence-electron chi connectivity index (χ0n) is 16.2. The minimum atomic E-state index is -0.846. The van der Waals surface area contributed by atoms with E-state index in [4.69, 9.17) is 0 Å². The molecule has 0 radical (unpaired) electrons. The Morgan fingerprint density at radius 3 is 1.83 bits per heavy atom. The van der Waals surface area contributed by atoms with Gasteiger partial charge in [-0.25, -0.2) is 8.78 Å². The van der Waals surface area contributed by atoms with Crippen LogP contribution >= 0.6 is 0 Å². The lowest BCUT2D eigenvalue weighted by atomic mass is 10.0. The highest BCUT2D eigenvalue weighted by atomic mass is 19.2. The highest BCUT2D eigenvalue weighted by molar-refractivity contribution is 5.84. The maximum absolute atomic E-state index is 13.5. The lowest BCUT2D eigenvalue weighted by Crippen LogP contribution is -1.85. The third-order valence-electron chi connectivity index (χ3n) is 4.94. The molecule has 0 N–H and O–H groups in total. The Balaban J connectivity index is 1.54. The van der Waals surface area contributed by atoms with Gasteiger partial charge < -0.3 is 0 Å². The summed E-state index contributed by atoms with van der Waals surface area (Å²) in [5.74, 6) is 4.56. The normalized spacial score (nSPS) is 10.6. The van der Waals surface area contributed by atoms with Crippen LogP contribution in [0.1, 0.15) is 30.0 Å². The van der Waals surface area contributed by atoms with Gasteiger partial charge in [-0.1, -0.05) is 67.6 Å². The molecule has 0 aliphatic carbocycles. The van der Waals surface area contributed by atoms with Gasteiger partial charge in [-0.15, -0.1) is 0 Å². The van der Waals surface area contributed by atoms with Gasteiger partial charge >= 0.3 is 0 Å². The molecule has 0 fully saturated rings. The zero-order valence-corrected chi connectivity index (χ0v) is 16.2. The van der Waals surface area contributed by atoms with E-state index >= 15 is 0 Å². The fourth-order valence-corrected chi connectivity index (χ4v) is 3.36. The Labute approximate surface area is 169 Å². The van der Waals surface area contributed by atoms with Crippen LogP contribution in [0.3, 0.4) is 0 Å². The Morgan fingerprint density at radius 2 is 1.17 bits per heavy atom. The van der Waals surface area contributed by atoms with E-state index in [-0.39, 0.29) is 0 Å². The molecule has 4 rings (SSSR count). The van der Waals surface area contributed by atoms with Crippen LogP contribution in [0.15, 0.2) is 78.9 Å². The van der Waals surface area contributed by atoms with E-state index in [1.54, 1.807) is 12.1 Å². The number of hydrogen-bond donors (Lipinski definition) is 0. The van der Waals surface area contributed by atoms with E-state index < -0.39 is 11.6 Å². The lowest BCUT2D eigenvalue weighted by molar-refractivity contribution is 0.511. The van der Waals surface area contributed by atoms with Crippen molar-refractivity contribution in [2.45, 2.75) is 19.8 Å². The molecule has 0 heterocycles. The molecule has 0 spiro atoms. The van der Waals surface area contributed by atoms with E-state index in [0.29, 0.717) is 10.8 Å². The summed E-state index contributed by atoms with van der Waals surface area (Å²) in [4.78, 5) is 0. The van der Waals surface area contributed by atoms with Gasteiger partial charge in [0, 0.05) is 11.1 Å². The van der Waals surface area contributed by atoms with Gasteiger partial charge in [0.05, 0.1) is 0 Å². The second-order valence-electron chi connectivity index (χ2n) is 7.10. The van der Waals surface area contributed by atoms with E-state index in [1.165, 1.54) is 23.3 Å². The van der Waals surface area contributed by atoms with Crippen molar-refractivity contribution in [3.8, 4) is 23.0 Å². The molecule has 0 nitrogen and oxygen atoms in total. The van der Waals surface area contributed by atoms with E-state index in [0.717, 1.165) is 29.5 Å². The second kappa shape index (κ2) is 8.29. The van der Waals surface area contributed by atoms with Gasteiger partial charge in [-0.3, -0.25) is 0 Å². The molecule has 0 aliphatic rings. The number of rotatable bonds is 3. The Kier molecular flexibility index (Phi) is 5.40. The molecule has 0 bridgehead atoms. The summed E-state index contributed by atoms with van der Waals surface area (Å²) in [6.07, 6.45) is 2.25. The Bertz CT molecular complexity index is 1210. The average Bonchev–Trinajstić information content (AvgIpc) is 2.74. The molecule has 142 valence electrons. The fraction of sp³-hybridized carbons (Fsp3) is 0.111. The summed E-state index contributed by atoms with van der Waals surface area (Å²) < 4.78 is 26.8. The monoisotopic (exact) mass is 382 g/mol. The fourth-order valence-electron chi connectivity index (χ4n) is 3.36. The predicted molar refractivity (Wildman–Crippen MR) is 116 cm³/mol.